The number of hydrogen-bond donors (Lipinski definition) is 2. The number of amides is 1. The van der Waals surface area contributed by atoms with Gasteiger partial charge in [0.05, 0.1) is 0 Å². The fourth-order valence-corrected chi connectivity index (χ4v) is 3.60. The first kappa shape index (κ1) is 18.6. The van der Waals surface area contributed by atoms with Crippen LogP contribution in [-0.2, 0) is 26.3 Å². The average molecular weight is 354 g/mol. The second-order valence-electron chi connectivity index (χ2n) is 7.63. The molecule has 5 nitrogen and oxygen atoms in total. The third kappa shape index (κ3) is 4.52. The number of aromatic nitrogens is 2. The van der Waals surface area contributed by atoms with Crippen LogP contribution in [-0.4, -0.2) is 34.8 Å². The van der Waals surface area contributed by atoms with Crippen LogP contribution in [0.2, 0.25) is 0 Å². The van der Waals surface area contributed by atoms with Crippen LogP contribution in [0, 0.1) is 5.92 Å². The summed E-state index contributed by atoms with van der Waals surface area (Å²) >= 11 is 0. The first-order chi connectivity index (χ1) is 12.5. The van der Waals surface area contributed by atoms with Gasteiger partial charge in [-0.3, -0.25) is 9.48 Å². The molecule has 1 amide bonds. The molecule has 1 aromatic heterocycles. The molecule has 2 N–H and O–H groups in total. The molecule has 0 spiro atoms. The van der Waals surface area contributed by atoms with E-state index < -0.39 is 0 Å². The molecule has 1 atom stereocenters. The molecule has 0 aliphatic heterocycles. The minimum Gasteiger partial charge on any atom is -0.350 e. The highest BCUT2D eigenvalue weighted by Crippen LogP contribution is 2.24. The van der Waals surface area contributed by atoms with Crippen LogP contribution in [0.1, 0.15) is 47.6 Å². The number of nitrogens with one attached hydrogen (secondary N) is 2. The summed E-state index contributed by atoms with van der Waals surface area (Å²) in [6.07, 6.45) is 3.80. The zero-order valence-electron chi connectivity index (χ0n) is 16.1. The van der Waals surface area contributed by atoms with Crippen molar-refractivity contribution < 1.29 is 4.79 Å². The second-order valence-corrected chi connectivity index (χ2v) is 7.63. The number of rotatable bonds is 7. The molecule has 0 bridgehead atoms. The van der Waals surface area contributed by atoms with Crippen LogP contribution in [0.4, 0.5) is 0 Å². The molecular formula is C21H30N4O. The smallest absolute Gasteiger partial charge is 0.272 e. The molecule has 5 heteroatoms. The Labute approximate surface area is 156 Å². The van der Waals surface area contributed by atoms with Crippen molar-refractivity contribution in [2.24, 2.45) is 13.0 Å². The van der Waals surface area contributed by atoms with Gasteiger partial charge in [-0.1, -0.05) is 44.2 Å². The van der Waals surface area contributed by atoms with Gasteiger partial charge in [0.2, 0.25) is 0 Å². The van der Waals surface area contributed by atoms with Crippen molar-refractivity contribution in [3.8, 4) is 0 Å². The predicted octanol–water partition coefficient (Wildman–Crippen LogP) is 2.50. The molecule has 140 valence electrons. The Bertz CT molecular complexity index is 736. The van der Waals surface area contributed by atoms with Crippen molar-refractivity contribution in [2.75, 3.05) is 13.1 Å². The van der Waals surface area contributed by atoms with E-state index in [0.29, 0.717) is 24.2 Å². The molecule has 26 heavy (non-hydrogen) atoms. The molecule has 1 unspecified atom stereocenters. The van der Waals surface area contributed by atoms with Crippen LogP contribution in [0.3, 0.4) is 0 Å². The SMILES string of the molecule is CC(C)CNC1CCc2c(c(C(=O)NCCc3ccccc3)nn2C)C1. The molecular weight excluding hydrogens is 324 g/mol. The Hall–Kier alpha value is -2.14. The molecule has 2 aromatic rings. The van der Waals surface area contributed by atoms with Gasteiger partial charge < -0.3 is 10.6 Å². The van der Waals surface area contributed by atoms with Crippen molar-refractivity contribution in [1.29, 1.82) is 0 Å². The third-order valence-electron chi connectivity index (χ3n) is 5.03. The van der Waals surface area contributed by atoms with Gasteiger partial charge in [0.25, 0.3) is 5.91 Å². The van der Waals surface area contributed by atoms with Gasteiger partial charge in [-0.25, -0.2) is 0 Å². The summed E-state index contributed by atoms with van der Waals surface area (Å²) in [6.45, 7) is 6.08. The maximum absolute atomic E-state index is 12.7. The van der Waals surface area contributed by atoms with E-state index in [1.165, 1.54) is 11.3 Å². The predicted molar refractivity (Wildman–Crippen MR) is 104 cm³/mol. The fourth-order valence-electron chi connectivity index (χ4n) is 3.60. The average Bonchev–Trinajstić information content (AvgIpc) is 2.97. The van der Waals surface area contributed by atoms with E-state index in [1.54, 1.807) is 0 Å². The number of nitrogens with zero attached hydrogens (tertiary/aromatic N) is 2. The van der Waals surface area contributed by atoms with Gasteiger partial charge >= 0.3 is 0 Å². The maximum atomic E-state index is 12.7. The quantitative estimate of drug-likeness (QED) is 0.803. The van der Waals surface area contributed by atoms with Gasteiger partial charge in [-0.15, -0.1) is 0 Å². The second kappa shape index (κ2) is 8.49. The van der Waals surface area contributed by atoms with Gasteiger partial charge in [0, 0.05) is 30.9 Å². The monoisotopic (exact) mass is 354 g/mol. The maximum Gasteiger partial charge on any atom is 0.272 e. The standard InChI is InChI=1S/C21H30N4O/c1-15(2)14-23-17-9-10-19-18(13-17)20(24-25(19)3)21(26)22-12-11-16-7-5-4-6-8-16/h4-8,15,17,23H,9-14H2,1-3H3,(H,22,26). The summed E-state index contributed by atoms with van der Waals surface area (Å²) in [6, 6.07) is 10.7. The lowest BCUT2D eigenvalue weighted by Crippen LogP contribution is -2.37. The summed E-state index contributed by atoms with van der Waals surface area (Å²) < 4.78 is 1.89. The Morgan fingerprint density at radius 1 is 1.31 bits per heavy atom. The van der Waals surface area contributed by atoms with E-state index in [4.69, 9.17) is 0 Å². The lowest BCUT2D eigenvalue weighted by molar-refractivity contribution is 0.0947. The zero-order chi connectivity index (χ0) is 18.5. The Kier molecular flexibility index (Phi) is 6.09. The number of aryl methyl sites for hydroxylation is 1. The summed E-state index contributed by atoms with van der Waals surface area (Å²) in [5.41, 5.74) is 4.17. The van der Waals surface area contributed by atoms with Crippen LogP contribution >= 0.6 is 0 Å². The highest BCUT2D eigenvalue weighted by molar-refractivity contribution is 5.94. The molecule has 0 fully saturated rings. The Balaban J connectivity index is 1.62. The summed E-state index contributed by atoms with van der Waals surface area (Å²) in [4.78, 5) is 12.7. The molecule has 1 heterocycles. The zero-order valence-corrected chi connectivity index (χ0v) is 16.1. The number of carbonyl (C=O) groups is 1. The first-order valence-corrected chi connectivity index (χ1v) is 9.65. The van der Waals surface area contributed by atoms with E-state index in [-0.39, 0.29) is 5.91 Å². The number of benzene rings is 1. The molecule has 3 rings (SSSR count). The molecule has 1 aromatic carbocycles. The highest BCUT2D eigenvalue weighted by Gasteiger charge is 2.28. The highest BCUT2D eigenvalue weighted by atomic mass is 16.1. The minimum atomic E-state index is -0.0534. The van der Waals surface area contributed by atoms with Gasteiger partial charge in [-0.05, 0) is 43.7 Å². The van der Waals surface area contributed by atoms with E-state index in [1.807, 2.05) is 29.9 Å². The van der Waals surface area contributed by atoms with Crippen LogP contribution in [0.25, 0.3) is 0 Å². The van der Waals surface area contributed by atoms with Crippen molar-refractivity contribution in [3.63, 3.8) is 0 Å². The number of fused-ring (bicyclic) bond motifs is 1. The fraction of sp³-hybridized carbons (Fsp3) is 0.524. The molecule has 0 saturated heterocycles. The topological polar surface area (TPSA) is 59.0 Å². The first-order valence-electron chi connectivity index (χ1n) is 9.65. The number of hydrogen-bond acceptors (Lipinski definition) is 3. The third-order valence-corrected chi connectivity index (χ3v) is 5.03. The molecule has 1 aliphatic rings. The van der Waals surface area contributed by atoms with Crippen molar-refractivity contribution in [2.45, 2.75) is 45.6 Å². The Morgan fingerprint density at radius 2 is 2.08 bits per heavy atom. The van der Waals surface area contributed by atoms with Gasteiger partial charge in [0.15, 0.2) is 5.69 Å². The summed E-state index contributed by atoms with van der Waals surface area (Å²) in [5.74, 6) is 0.577. The molecule has 0 saturated carbocycles. The van der Waals surface area contributed by atoms with E-state index in [9.17, 15) is 4.79 Å². The van der Waals surface area contributed by atoms with Gasteiger partial charge in [0.1, 0.15) is 0 Å². The Morgan fingerprint density at radius 3 is 2.81 bits per heavy atom. The van der Waals surface area contributed by atoms with Crippen molar-refractivity contribution >= 4 is 5.91 Å². The van der Waals surface area contributed by atoms with Crippen molar-refractivity contribution in [1.82, 2.24) is 20.4 Å². The minimum absolute atomic E-state index is 0.0534. The van der Waals surface area contributed by atoms with E-state index in [2.05, 4.69) is 41.7 Å². The van der Waals surface area contributed by atoms with E-state index in [0.717, 1.165) is 37.8 Å². The lowest BCUT2D eigenvalue weighted by Gasteiger charge is -2.25. The lowest BCUT2D eigenvalue weighted by atomic mass is 9.91. The van der Waals surface area contributed by atoms with Crippen molar-refractivity contribution in [3.05, 3.63) is 52.8 Å². The normalized spacial score (nSPS) is 16.5. The summed E-state index contributed by atoms with van der Waals surface area (Å²) in [5, 5.41) is 11.2. The van der Waals surface area contributed by atoms with Crippen LogP contribution in [0.5, 0.6) is 0 Å². The van der Waals surface area contributed by atoms with Crippen LogP contribution < -0.4 is 10.6 Å². The van der Waals surface area contributed by atoms with Crippen LogP contribution in [0.15, 0.2) is 30.3 Å². The molecule has 0 radical (unpaired) electrons. The number of carbonyl (C=O) groups excluding carboxylic acids is 1. The molecule has 1 aliphatic carbocycles. The van der Waals surface area contributed by atoms with Gasteiger partial charge in [-0.2, -0.15) is 5.10 Å². The van der Waals surface area contributed by atoms with E-state index >= 15 is 0 Å². The summed E-state index contributed by atoms with van der Waals surface area (Å²) in [7, 11) is 1.95. The largest absolute Gasteiger partial charge is 0.350 e.